The van der Waals surface area contributed by atoms with Crippen molar-refractivity contribution in [3.05, 3.63) is 0 Å². The highest BCUT2D eigenvalue weighted by molar-refractivity contribution is 4.65. The van der Waals surface area contributed by atoms with Crippen molar-refractivity contribution in [3.8, 4) is 6.07 Å². The molecule has 0 radical (unpaired) electrons. The summed E-state index contributed by atoms with van der Waals surface area (Å²) in [7, 11) is 0. The Balaban J connectivity index is 2.65. The molecular weight excluding hydrogens is 106 g/mol. The van der Waals surface area contributed by atoms with Crippen molar-refractivity contribution >= 4 is 0 Å². The molecular formula is C5H9NO2. The molecule has 46 valence electrons. The predicted octanol–water partition coefficient (Wildman–Crippen LogP) is 0.521. The Labute approximate surface area is 48.8 Å². The highest BCUT2D eigenvalue weighted by atomic mass is 16.7. The van der Waals surface area contributed by atoms with Crippen molar-refractivity contribution in [2.75, 3.05) is 20.0 Å². The van der Waals surface area contributed by atoms with Crippen LogP contribution in [0.15, 0.2) is 0 Å². The van der Waals surface area contributed by atoms with E-state index in [9.17, 15) is 0 Å². The second kappa shape index (κ2) is 6.41. The maximum absolute atomic E-state index is 7.94. The van der Waals surface area contributed by atoms with Crippen LogP contribution in [0.1, 0.15) is 6.92 Å². The Hall–Kier alpha value is -0.590. The molecule has 0 N–H and O–H groups in total. The van der Waals surface area contributed by atoms with Crippen molar-refractivity contribution in [2.45, 2.75) is 6.92 Å². The maximum Gasteiger partial charge on any atom is 0.148 e. The third kappa shape index (κ3) is 5.41. The first-order chi connectivity index (χ1) is 3.91. The van der Waals surface area contributed by atoms with Gasteiger partial charge in [0.25, 0.3) is 0 Å². The van der Waals surface area contributed by atoms with Crippen molar-refractivity contribution in [3.63, 3.8) is 0 Å². The molecule has 0 aliphatic carbocycles. The summed E-state index contributed by atoms with van der Waals surface area (Å²) in [4.78, 5) is 0. The molecule has 8 heavy (non-hydrogen) atoms. The zero-order valence-electron chi connectivity index (χ0n) is 4.89. The molecule has 0 bridgehead atoms. The van der Waals surface area contributed by atoms with Gasteiger partial charge >= 0.3 is 0 Å². The fraction of sp³-hybridized carbons (Fsp3) is 0.800. The molecule has 0 saturated carbocycles. The molecule has 0 atom stereocenters. The normalized spacial score (nSPS) is 8.50. The monoisotopic (exact) mass is 115 g/mol. The Morgan fingerprint density at radius 3 is 2.75 bits per heavy atom. The number of hydrogen-bond donors (Lipinski definition) is 0. The van der Waals surface area contributed by atoms with Crippen molar-refractivity contribution in [1.29, 1.82) is 5.26 Å². The van der Waals surface area contributed by atoms with Crippen molar-refractivity contribution in [1.82, 2.24) is 0 Å². The second-order valence-corrected chi connectivity index (χ2v) is 1.12. The third-order valence-electron chi connectivity index (χ3n) is 0.537. The average Bonchev–Trinajstić information content (AvgIpc) is 1.81. The average molecular weight is 115 g/mol. The third-order valence-corrected chi connectivity index (χ3v) is 0.537. The first kappa shape index (κ1) is 7.41. The van der Waals surface area contributed by atoms with Crippen molar-refractivity contribution in [2.24, 2.45) is 0 Å². The van der Waals surface area contributed by atoms with E-state index in [1.165, 1.54) is 0 Å². The van der Waals surface area contributed by atoms with Crippen LogP contribution in [-0.4, -0.2) is 20.0 Å². The van der Waals surface area contributed by atoms with Crippen LogP contribution in [0.2, 0.25) is 0 Å². The quantitative estimate of drug-likeness (QED) is 0.396. The summed E-state index contributed by atoms with van der Waals surface area (Å²) in [6, 6.07) is 1.82. The molecule has 3 heteroatoms. The van der Waals surface area contributed by atoms with Gasteiger partial charge in [0.15, 0.2) is 0 Å². The standard InChI is InChI=1S/C5H9NO2/c1-2-7-5-8-4-3-6/h2,4-5H2,1H3. The van der Waals surface area contributed by atoms with Gasteiger partial charge in [-0.1, -0.05) is 0 Å². The van der Waals surface area contributed by atoms with Gasteiger partial charge in [-0.15, -0.1) is 0 Å². The summed E-state index contributed by atoms with van der Waals surface area (Å²) in [5.74, 6) is 0. The van der Waals surface area contributed by atoms with Crippen LogP contribution in [0.4, 0.5) is 0 Å². The molecule has 0 heterocycles. The lowest BCUT2D eigenvalue weighted by molar-refractivity contribution is -0.0375. The van der Waals surface area contributed by atoms with E-state index >= 15 is 0 Å². The predicted molar refractivity (Wildman–Crippen MR) is 28.1 cm³/mol. The van der Waals surface area contributed by atoms with Gasteiger partial charge < -0.3 is 9.47 Å². The number of hydrogen-bond acceptors (Lipinski definition) is 3. The van der Waals surface area contributed by atoms with Crippen molar-refractivity contribution < 1.29 is 9.47 Å². The van der Waals surface area contributed by atoms with E-state index in [2.05, 4.69) is 4.74 Å². The molecule has 0 aromatic heterocycles. The van der Waals surface area contributed by atoms with E-state index in [0.717, 1.165) is 0 Å². The second-order valence-electron chi connectivity index (χ2n) is 1.12. The molecule has 0 unspecified atom stereocenters. The van der Waals surface area contributed by atoms with E-state index in [-0.39, 0.29) is 13.4 Å². The lowest BCUT2D eigenvalue weighted by atomic mass is 10.8. The van der Waals surface area contributed by atoms with Crippen LogP contribution in [-0.2, 0) is 9.47 Å². The lowest BCUT2D eigenvalue weighted by Gasteiger charge is -1.96. The zero-order valence-corrected chi connectivity index (χ0v) is 4.89. The Kier molecular flexibility index (Phi) is 5.94. The highest BCUT2D eigenvalue weighted by Gasteiger charge is 1.80. The van der Waals surface area contributed by atoms with Gasteiger partial charge in [0.2, 0.25) is 0 Å². The van der Waals surface area contributed by atoms with E-state index in [0.29, 0.717) is 6.61 Å². The summed E-state index contributed by atoms with van der Waals surface area (Å²) in [6.45, 7) is 2.84. The molecule has 0 aliphatic heterocycles. The van der Waals surface area contributed by atoms with Crippen LogP contribution >= 0.6 is 0 Å². The largest absolute Gasteiger partial charge is 0.356 e. The number of rotatable bonds is 4. The summed E-state index contributed by atoms with van der Waals surface area (Å²) in [5, 5.41) is 7.94. The van der Waals surface area contributed by atoms with Gasteiger partial charge in [0.1, 0.15) is 13.4 Å². The van der Waals surface area contributed by atoms with Crippen LogP contribution in [0.25, 0.3) is 0 Å². The fourth-order valence-electron chi connectivity index (χ4n) is 0.230. The smallest absolute Gasteiger partial charge is 0.148 e. The summed E-state index contributed by atoms with van der Waals surface area (Å²) >= 11 is 0. The Morgan fingerprint density at radius 2 is 2.25 bits per heavy atom. The molecule has 0 aromatic rings. The summed E-state index contributed by atoms with van der Waals surface area (Å²) in [6.07, 6.45) is 0. The van der Waals surface area contributed by atoms with Crippen LogP contribution in [0.3, 0.4) is 0 Å². The molecule has 0 saturated heterocycles. The lowest BCUT2D eigenvalue weighted by Crippen LogP contribution is -1.98. The van der Waals surface area contributed by atoms with Gasteiger partial charge in [-0.3, -0.25) is 0 Å². The van der Waals surface area contributed by atoms with Crippen LogP contribution < -0.4 is 0 Å². The zero-order chi connectivity index (χ0) is 6.24. The van der Waals surface area contributed by atoms with Gasteiger partial charge in [0.05, 0.1) is 6.07 Å². The van der Waals surface area contributed by atoms with Gasteiger partial charge in [0, 0.05) is 6.61 Å². The molecule has 0 aliphatic rings. The molecule has 0 fully saturated rings. The molecule has 0 spiro atoms. The molecule has 0 amide bonds. The SMILES string of the molecule is CCOCOCC#N. The van der Waals surface area contributed by atoms with E-state index in [1.807, 2.05) is 13.0 Å². The maximum atomic E-state index is 7.94. The summed E-state index contributed by atoms with van der Waals surface area (Å²) < 4.78 is 9.40. The number of ether oxygens (including phenoxy) is 2. The molecule has 0 aromatic carbocycles. The minimum Gasteiger partial charge on any atom is -0.356 e. The number of nitrogens with zero attached hydrogens (tertiary/aromatic N) is 1. The summed E-state index contributed by atoms with van der Waals surface area (Å²) in [5.41, 5.74) is 0. The minimum atomic E-state index is 0.111. The van der Waals surface area contributed by atoms with E-state index in [4.69, 9.17) is 10.00 Å². The van der Waals surface area contributed by atoms with E-state index < -0.39 is 0 Å². The van der Waals surface area contributed by atoms with Gasteiger partial charge in [-0.25, -0.2) is 0 Å². The van der Waals surface area contributed by atoms with E-state index in [1.54, 1.807) is 0 Å². The first-order valence-corrected chi connectivity index (χ1v) is 2.44. The molecule has 3 nitrogen and oxygen atoms in total. The fourth-order valence-corrected chi connectivity index (χ4v) is 0.230. The van der Waals surface area contributed by atoms with Crippen LogP contribution in [0.5, 0.6) is 0 Å². The highest BCUT2D eigenvalue weighted by Crippen LogP contribution is 1.74. The molecule has 0 rings (SSSR count). The topological polar surface area (TPSA) is 42.2 Å². The van der Waals surface area contributed by atoms with Crippen LogP contribution in [0, 0.1) is 11.3 Å². The minimum absolute atomic E-state index is 0.111. The first-order valence-electron chi connectivity index (χ1n) is 2.44. The van der Waals surface area contributed by atoms with Gasteiger partial charge in [-0.05, 0) is 6.92 Å². The Morgan fingerprint density at radius 1 is 1.50 bits per heavy atom. The Bertz CT molecular complexity index is 77.0. The van der Waals surface area contributed by atoms with Gasteiger partial charge in [-0.2, -0.15) is 5.26 Å². The number of nitriles is 1.